The summed E-state index contributed by atoms with van der Waals surface area (Å²) in [4.78, 5) is 33.3. The van der Waals surface area contributed by atoms with Crippen LogP contribution in [0.4, 0.5) is 5.69 Å². The molecule has 1 saturated carbocycles. The number of anilines is 1. The Labute approximate surface area is 218 Å². The minimum atomic E-state index is -0.120. The lowest BCUT2D eigenvalue weighted by molar-refractivity contribution is 0.0491. The Morgan fingerprint density at radius 2 is 1.43 bits per heavy atom. The number of benzene rings is 3. The lowest BCUT2D eigenvalue weighted by Gasteiger charge is -2.43. The van der Waals surface area contributed by atoms with Crippen LogP contribution in [0.5, 0.6) is 5.75 Å². The highest BCUT2D eigenvalue weighted by Crippen LogP contribution is 2.36. The second-order valence-electron chi connectivity index (χ2n) is 10.8. The maximum Gasteiger partial charge on any atom is 0.262 e. The molecule has 1 saturated heterocycles. The summed E-state index contributed by atoms with van der Waals surface area (Å²) in [6, 6.07) is 20.5. The Morgan fingerprint density at radius 1 is 0.757 bits per heavy atom. The van der Waals surface area contributed by atoms with Crippen LogP contribution in [0.1, 0.15) is 60.2 Å². The van der Waals surface area contributed by atoms with Gasteiger partial charge in [0.25, 0.3) is 11.8 Å². The highest BCUT2D eigenvalue weighted by Gasteiger charge is 2.42. The van der Waals surface area contributed by atoms with E-state index in [2.05, 4.69) is 41.8 Å². The number of nitrogens with zero attached hydrogens (tertiary/aromatic N) is 3. The summed E-state index contributed by atoms with van der Waals surface area (Å²) in [5.74, 6) is 0.724. The number of imide groups is 1. The van der Waals surface area contributed by atoms with Gasteiger partial charge in [-0.05, 0) is 68.5 Å². The second-order valence-corrected chi connectivity index (χ2v) is 10.8. The highest BCUT2D eigenvalue weighted by molar-refractivity contribution is 6.26. The molecule has 37 heavy (non-hydrogen) atoms. The minimum Gasteiger partial charge on any atom is -0.489 e. The van der Waals surface area contributed by atoms with E-state index in [1.807, 2.05) is 42.5 Å². The van der Waals surface area contributed by atoms with Crippen LogP contribution in [-0.4, -0.2) is 66.0 Å². The first-order chi connectivity index (χ1) is 18.0. The molecule has 2 aliphatic heterocycles. The molecule has 6 nitrogen and oxygen atoms in total. The van der Waals surface area contributed by atoms with Gasteiger partial charge in [0.15, 0.2) is 0 Å². The van der Waals surface area contributed by atoms with Crippen LogP contribution in [0.25, 0.3) is 10.8 Å². The fraction of sp³-hybridized carbons (Fsp3) is 0.419. The topological polar surface area (TPSA) is 53.1 Å². The molecule has 0 aromatic heterocycles. The largest absolute Gasteiger partial charge is 0.489 e. The minimum absolute atomic E-state index is 0.0104. The number of ether oxygens (including phenoxy) is 1. The molecule has 2 amide bonds. The van der Waals surface area contributed by atoms with Crippen LogP contribution in [0.15, 0.2) is 60.7 Å². The third-order valence-corrected chi connectivity index (χ3v) is 8.24. The van der Waals surface area contributed by atoms with Crippen molar-refractivity contribution < 1.29 is 14.3 Å². The summed E-state index contributed by atoms with van der Waals surface area (Å²) in [5, 5.41) is 1.89. The van der Waals surface area contributed by atoms with Gasteiger partial charge in [-0.3, -0.25) is 19.4 Å². The molecule has 0 spiro atoms. The van der Waals surface area contributed by atoms with Gasteiger partial charge in [0, 0.05) is 38.3 Å². The first-order valence-corrected chi connectivity index (χ1v) is 13.7. The average Bonchev–Trinajstić information content (AvgIpc) is 3.18. The maximum atomic E-state index is 13.4. The normalized spacial score (nSPS) is 22.7. The monoisotopic (exact) mass is 497 g/mol. The third kappa shape index (κ3) is 4.37. The molecule has 0 bridgehead atoms. The number of rotatable bonds is 5. The van der Waals surface area contributed by atoms with Crippen LogP contribution in [0, 0.1) is 0 Å². The number of piperazine rings is 1. The van der Waals surface area contributed by atoms with E-state index in [1.165, 1.54) is 5.69 Å². The van der Waals surface area contributed by atoms with Gasteiger partial charge in [0.2, 0.25) is 0 Å². The van der Waals surface area contributed by atoms with Crippen LogP contribution in [-0.2, 0) is 0 Å². The molecular formula is C31H35N3O3. The van der Waals surface area contributed by atoms with Gasteiger partial charge in [-0.25, -0.2) is 0 Å². The van der Waals surface area contributed by atoms with Crippen molar-refractivity contribution in [3.63, 3.8) is 0 Å². The van der Waals surface area contributed by atoms with Gasteiger partial charge in [-0.15, -0.1) is 0 Å². The quantitative estimate of drug-likeness (QED) is 0.445. The summed E-state index contributed by atoms with van der Waals surface area (Å²) in [6.45, 7) is 8.12. The van der Waals surface area contributed by atoms with Gasteiger partial charge in [-0.1, -0.05) is 42.5 Å². The van der Waals surface area contributed by atoms with Gasteiger partial charge in [0.1, 0.15) is 5.75 Å². The molecule has 6 rings (SSSR count). The van der Waals surface area contributed by atoms with E-state index < -0.39 is 0 Å². The van der Waals surface area contributed by atoms with Crippen LogP contribution < -0.4 is 9.64 Å². The third-order valence-electron chi connectivity index (χ3n) is 8.24. The maximum absolute atomic E-state index is 13.4. The molecule has 6 heteroatoms. The second kappa shape index (κ2) is 9.82. The molecule has 2 fully saturated rings. The standard InChI is InChI=1S/C31H35N3O3/c1-21(2)37-28-10-6-5-9-27(28)33-19-17-32(18-20-33)23-12-14-24(15-13-23)34-30(35)26-16-11-22-7-3-4-8-25(22)29(26)31(34)36/h3-11,16,21,23-24H,12-15,17-20H2,1-2H3. The van der Waals surface area contributed by atoms with Gasteiger partial charge < -0.3 is 9.64 Å². The van der Waals surface area contributed by atoms with Crippen molar-refractivity contribution in [2.75, 3.05) is 31.1 Å². The van der Waals surface area contributed by atoms with E-state index >= 15 is 0 Å². The van der Waals surface area contributed by atoms with E-state index in [0.717, 1.165) is 68.4 Å². The fourth-order valence-electron chi connectivity index (χ4n) is 6.44. The van der Waals surface area contributed by atoms with E-state index in [0.29, 0.717) is 17.2 Å². The van der Waals surface area contributed by atoms with E-state index in [4.69, 9.17) is 4.74 Å². The Kier molecular flexibility index (Phi) is 6.37. The summed E-state index contributed by atoms with van der Waals surface area (Å²) < 4.78 is 6.05. The van der Waals surface area contributed by atoms with Crippen molar-refractivity contribution in [3.8, 4) is 5.75 Å². The molecule has 0 atom stereocenters. The number of hydrogen-bond donors (Lipinski definition) is 0. The molecule has 0 unspecified atom stereocenters. The zero-order valence-electron chi connectivity index (χ0n) is 21.7. The van der Waals surface area contributed by atoms with Crippen molar-refractivity contribution in [1.82, 2.24) is 9.80 Å². The number of carbonyl (C=O) groups excluding carboxylic acids is 2. The molecule has 1 aliphatic carbocycles. The Balaban J connectivity index is 1.08. The molecule has 2 heterocycles. The SMILES string of the molecule is CC(C)Oc1ccccc1N1CCN(C2CCC(N3C(=O)c4ccc5ccccc5c4C3=O)CC2)CC1. The van der Waals surface area contributed by atoms with Gasteiger partial charge >= 0.3 is 0 Å². The molecule has 192 valence electrons. The molecule has 0 N–H and O–H groups in total. The molecule has 3 aromatic carbocycles. The first kappa shape index (κ1) is 24.0. The van der Waals surface area contributed by atoms with E-state index in [-0.39, 0.29) is 24.0 Å². The highest BCUT2D eigenvalue weighted by atomic mass is 16.5. The number of hydrogen-bond acceptors (Lipinski definition) is 5. The number of carbonyl (C=O) groups is 2. The fourth-order valence-corrected chi connectivity index (χ4v) is 6.44. The lowest BCUT2D eigenvalue weighted by Crippen LogP contribution is -2.52. The van der Waals surface area contributed by atoms with Crippen molar-refractivity contribution >= 4 is 28.3 Å². The Morgan fingerprint density at radius 3 is 2.19 bits per heavy atom. The van der Waals surface area contributed by atoms with E-state index in [1.54, 1.807) is 4.90 Å². The molecule has 3 aromatic rings. The summed E-state index contributed by atoms with van der Waals surface area (Å²) in [5.41, 5.74) is 2.32. The van der Waals surface area contributed by atoms with Gasteiger partial charge in [-0.2, -0.15) is 0 Å². The molecule has 3 aliphatic rings. The van der Waals surface area contributed by atoms with Gasteiger partial charge in [0.05, 0.1) is 22.9 Å². The smallest absolute Gasteiger partial charge is 0.262 e. The zero-order chi connectivity index (χ0) is 25.5. The number of fused-ring (bicyclic) bond motifs is 3. The molecule has 0 radical (unpaired) electrons. The number of amides is 2. The summed E-state index contributed by atoms with van der Waals surface area (Å²) in [6.07, 6.45) is 3.94. The predicted octanol–water partition coefficient (Wildman–Crippen LogP) is 5.36. The average molecular weight is 498 g/mol. The van der Waals surface area contributed by atoms with Crippen molar-refractivity contribution in [2.24, 2.45) is 0 Å². The number of para-hydroxylation sites is 2. The van der Waals surface area contributed by atoms with Crippen LogP contribution in [0.3, 0.4) is 0 Å². The van der Waals surface area contributed by atoms with Crippen LogP contribution in [0.2, 0.25) is 0 Å². The van der Waals surface area contributed by atoms with E-state index in [9.17, 15) is 9.59 Å². The predicted molar refractivity (Wildman–Crippen MR) is 146 cm³/mol. The summed E-state index contributed by atoms with van der Waals surface area (Å²) >= 11 is 0. The van der Waals surface area contributed by atoms with Crippen molar-refractivity contribution in [2.45, 2.75) is 57.7 Å². The molecular weight excluding hydrogens is 462 g/mol. The van der Waals surface area contributed by atoms with Crippen LogP contribution >= 0.6 is 0 Å². The Bertz CT molecular complexity index is 1320. The zero-order valence-corrected chi connectivity index (χ0v) is 21.7. The Hall–Kier alpha value is -3.38. The first-order valence-electron chi connectivity index (χ1n) is 13.7. The van der Waals surface area contributed by atoms with Crippen molar-refractivity contribution in [3.05, 3.63) is 71.8 Å². The lowest BCUT2D eigenvalue weighted by atomic mass is 9.89. The van der Waals surface area contributed by atoms with Crippen molar-refractivity contribution in [1.29, 1.82) is 0 Å². The summed E-state index contributed by atoms with van der Waals surface area (Å²) in [7, 11) is 0.